The molecule has 2 rings (SSSR count). The summed E-state index contributed by atoms with van der Waals surface area (Å²) in [7, 11) is 0. The maximum atomic E-state index is 11.9. The summed E-state index contributed by atoms with van der Waals surface area (Å²) in [5.41, 5.74) is 0. The van der Waals surface area contributed by atoms with Crippen LogP contribution in [0.3, 0.4) is 0 Å². The topological polar surface area (TPSA) is 76.7 Å². The van der Waals surface area contributed by atoms with Crippen molar-refractivity contribution in [3.63, 3.8) is 0 Å². The van der Waals surface area contributed by atoms with Gasteiger partial charge in [-0.1, -0.05) is 0 Å². The Bertz CT molecular complexity index is 550. The standard InChI is InChI=1S/C15H20N2O4S/c1-3-16-15(19)17-14(18)10(2)22-11-5-6-12-13(9-11)21-8-4-7-20-12/h5-6,9-10H,3-4,7-8H2,1-2H3,(H2,16,17,18,19). The van der Waals surface area contributed by atoms with Crippen LogP contribution in [0.4, 0.5) is 4.79 Å². The van der Waals surface area contributed by atoms with Gasteiger partial charge in [-0.2, -0.15) is 0 Å². The number of thioether (sulfide) groups is 1. The van der Waals surface area contributed by atoms with E-state index in [1.54, 1.807) is 13.8 Å². The molecule has 22 heavy (non-hydrogen) atoms. The fraction of sp³-hybridized carbons (Fsp3) is 0.467. The quantitative estimate of drug-likeness (QED) is 0.830. The minimum Gasteiger partial charge on any atom is -0.490 e. The number of rotatable bonds is 4. The van der Waals surface area contributed by atoms with E-state index in [0.717, 1.165) is 17.1 Å². The third kappa shape index (κ3) is 4.56. The predicted molar refractivity (Wildman–Crippen MR) is 84.6 cm³/mol. The van der Waals surface area contributed by atoms with Gasteiger partial charge in [-0.15, -0.1) is 11.8 Å². The summed E-state index contributed by atoms with van der Waals surface area (Å²) in [6.07, 6.45) is 0.850. The molecule has 7 heteroatoms. The summed E-state index contributed by atoms with van der Waals surface area (Å²) in [5.74, 6) is 1.09. The van der Waals surface area contributed by atoms with Crippen LogP contribution in [0.2, 0.25) is 0 Å². The predicted octanol–water partition coefficient (Wildman–Crippen LogP) is 2.17. The monoisotopic (exact) mass is 324 g/mol. The van der Waals surface area contributed by atoms with Crippen LogP contribution in [-0.2, 0) is 4.79 Å². The molecule has 0 radical (unpaired) electrons. The Morgan fingerprint density at radius 2 is 2.00 bits per heavy atom. The summed E-state index contributed by atoms with van der Waals surface area (Å²) in [6.45, 7) is 5.28. The Labute approximate surface area is 133 Å². The van der Waals surface area contributed by atoms with Gasteiger partial charge in [-0.25, -0.2) is 4.79 Å². The molecule has 3 amide bonds. The first-order valence-corrected chi connectivity index (χ1v) is 8.13. The molecular weight excluding hydrogens is 304 g/mol. The summed E-state index contributed by atoms with van der Waals surface area (Å²) in [4.78, 5) is 24.2. The van der Waals surface area contributed by atoms with Gasteiger partial charge in [0.2, 0.25) is 5.91 Å². The van der Waals surface area contributed by atoms with E-state index < -0.39 is 11.3 Å². The minimum absolute atomic E-state index is 0.330. The lowest BCUT2D eigenvalue weighted by Gasteiger charge is -2.13. The minimum atomic E-state index is -0.474. The zero-order chi connectivity index (χ0) is 15.9. The molecule has 0 bridgehead atoms. The van der Waals surface area contributed by atoms with Gasteiger partial charge in [0, 0.05) is 17.9 Å². The first kappa shape index (κ1) is 16.5. The van der Waals surface area contributed by atoms with Crippen LogP contribution >= 0.6 is 11.8 Å². The van der Waals surface area contributed by atoms with Gasteiger partial charge in [0.25, 0.3) is 0 Å². The highest BCUT2D eigenvalue weighted by Gasteiger charge is 2.18. The molecule has 1 unspecified atom stereocenters. The Morgan fingerprint density at radius 1 is 1.27 bits per heavy atom. The number of ether oxygens (including phenoxy) is 2. The third-order valence-electron chi connectivity index (χ3n) is 2.98. The van der Waals surface area contributed by atoms with Gasteiger partial charge in [0.1, 0.15) is 0 Å². The maximum absolute atomic E-state index is 11.9. The zero-order valence-electron chi connectivity index (χ0n) is 12.7. The largest absolute Gasteiger partial charge is 0.490 e. The van der Waals surface area contributed by atoms with Crippen LogP contribution in [-0.4, -0.2) is 36.9 Å². The number of carbonyl (C=O) groups is 2. The molecule has 6 nitrogen and oxygen atoms in total. The van der Waals surface area contributed by atoms with Crippen LogP contribution in [0.5, 0.6) is 11.5 Å². The van der Waals surface area contributed by atoms with Crippen molar-refractivity contribution in [2.75, 3.05) is 19.8 Å². The SMILES string of the molecule is CCNC(=O)NC(=O)C(C)Sc1ccc2c(c1)OCCCO2. The van der Waals surface area contributed by atoms with Crippen molar-refractivity contribution in [2.45, 2.75) is 30.4 Å². The van der Waals surface area contributed by atoms with Gasteiger partial charge in [0.15, 0.2) is 11.5 Å². The van der Waals surface area contributed by atoms with E-state index in [9.17, 15) is 9.59 Å². The average molecular weight is 324 g/mol. The molecule has 0 spiro atoms. The number of carbonyl (C=O) groups excluding carboxylic acids is 2. The number of benzene rings is 1. The second-order valence-corrected chi connectivity index (χ2v) is 6.18. The molecule has 1 aromatic rings. The highest BCUT2D eigenvalue weighted by atomic mass is 32.2. The Morgan fingerprint density at radius 3 is 2.73 bits per heavy atom. The number of urea groups is 1. The van der Waals surface area contributed by atoms with Crippen molar-refractivity contribution in [1.29, 1.82) is 0 Å². The van der Waals surface area contributed by atoms with Crippen molar-refractivity contribution in [2.24, 2.45) is 0 Å². The third-order valence-corrected chi connectivity index (χ3v) is 4.07. The summed E-state index contributed by atoms with van der Waals surface area (Å²) >= 11 is 1.36. The van der Waals surface area contributed by atoms with Crippen molar-refractivity contribution in [1.82, 2.24) is 10.6 Å². The van der Waals surface area contributed by atoms with Gasteiger partial charge in [0.05, 0.1) is 18.5 Å². The number of fused-ring (bicyclic) bond motifs is 1. The fourth-order valence-electron chi connectivity index (χ4n) is 1.89. The second kappa shape index (κ2) is 7.93. The Kier molecular flexibility index (Phi) is 5.94. The smallest absolute Gasteiger partial charge is 0.321 e. The molecule has 0 aliphatic carbocycles. The van der Waals surface area contributed by atoms with Crippen LogP contribution < -0.4 is 20.1 Å². The van der Waals surface area contributed by atoms with Crippen LogP contribution in [0.1, 0.15) is 20.3 Å². The lowest BCUT2D eigenvalue weighted by molar-refractivity contribution is -0.119. The summed E-state index contributed by atoms with van der Waals surface area (Å²) < 4.78 is 11.2. The maximum Gasteiger partial charge on any atom is 0.321 e. The van der Waals surface area contributed by atoms with Crippen LogP contribution in [0, 0.1) is 0 Å². The van der Waals surface area contributed by atoms with Crippen molar-refractivity contribution in [3.8, 4) is 11.5 Å². The molecule has 1 atom stereocenters. The van der Waals surface area contributed by atoms with Crippen LogP contribution in [0.15, 0.2) is 23.1 Å². The molecule has 0 saturated carbocycles. The number of hydrogen-bond acceptors (Lipinski definition) is 5. The highest BCUT2D eigenvalue weighted by molar-refractivity contribution is 8.00. The zero-order valence-corrected chi connectivity index (χ0v) is 13.5. The van der Waals surface area contributed by atoms with E-state index in [-0.39, 0.29) is 5.91 Å². The molecule has 2 N–H and O–H groups in total. The van der Waals surface area contributed by atoms with E-state index in [1.807, 2.05) is 18.2 Å². The molecule has 0 aromatic heterocycles. The van der Waals surface area contributed by atoms with E-state index in [2.05, 4.69) is 10.6 Å². The van der Waals surface area contributed by atoms with Gasteiger partial charge < -0.3 is 14.8 Å². The van der Waals surface area contributed by atoms with Gasteiger partial charge in [-0.05, 0) is 32.0 Å². The molecule has 1 aromatic carbocycles. The lowest BCUT2D eigenvalue weighted by atomic mass is 10.3. The van der Waals surface area contributed by atoms with E-state index >= 15 is 0 Å². The lowest BCUT2D eigenvalue weighted by Crippen LogP contribution is -2.42. The van der Waals surface area contributed by atoms with Gasteiger partial charge in [-0.3, -0.25) is 10.1 Å². The number of amides is 3. The van der Waals surface area contributed by atoms with Crippen LogP contribution in [0.25, 0.3) is 0 Å². The van der Waals surface area contributed by atoms with E-state index in [0.29, 0.717) is 25.5 Å². The summed E-state index contributed by atoms with van der Waals surface area (Å²) in [6, 6.07) is 5.12. The molecule has 1 aliphatic rings. The van der Waals surface area contributed by atoms with E-state index in [1.165, 1.54) is 11.8 Å². The molecule has 0 fully saturated rings. The van der Waals surface area contributed by atoms with Gasteiger partial charge >= 0.3 is 6.03 Å². The Hall–Kier alpha value is -1.89. The second-order valence-electron chi connectivity index (χ2n) is 4.77. The number of hydrogen-bond donors (Lipinski definition) is 2. The molecule has 1 aliphatic heterocycles. The highest BCUT2D eigenvalue weighted by Crippen LogP contribution is 2.35. The van der Waals surface area contributed by atoms with E-state index in [4.69, 9.17) is 9.47 Å². The number of nitrogens with one attached hydrogen (secondary N) is 2. The number of imide groups is 1. The molecule has 1 heterocycles. The average Bonchev–Trinajstić information content (AvgIpc) is 2.72. The van der Waals surface area contributed by atoms with Crippen molar-refractivity contribution >= 4 is 23.7 Å². The van der Waals surface area contributed by atoms with Crippen molar-refractivity contribution < 1.29 is 19.1 Å². The first-order valence-electron chi connectivity index (χ1n) is 7.25. The van der Waals surface area contributed by atoms with Crippen molar-refractivity contribution in [3.05, 3.63) is 18.2 Å². The first-order chi connectivity index (χ1) is 10.6. The fourth-order valence-corrected chi connectivity index (χ4v) is 2.79. The Balaban J connectivity index is 1.96. The molecule has 120 valence electrons. The summed E-state index contributed by atoms with van der Waals surface area (Å²) in [5, 5.41) is 4.44. The molecular formula is C15H20N2O4S. The normalized spacial score (nSPS) is 14.6. The molecule has 0 saturated heterocycles.